The first-order chi connectivity index (χ1) is 29.6. The fraction of sp³-hybridized carbons (Fsp3) is 0.511. The Kier molecular flexibility index (Phi) is 14.4. The van der Waals surface area contributed by atoms with Gasteiger partial charge in [-0.2, -0.15) is 0 Å². The van der Waals surface area contributed by atoms with Gasteiger partial charge in [-0.05, 0) is 80.5 Å². The largest absolute Gasteiger partial charge is 0.458 e. The number of aromatic nitrogens is 2. The standard InChI is InChI=1S/C45H55FN6O10/c1-6-27-29-22-52-34(19-31-30(43(52)58)23-62-44(59)45(31,60)7-2)41(29)49-33-20-32(46)26(5)28(39(27)33)13-10-12-18-61-24-48-36(54)21-47-42(57)40(25(3)4)50-35(53)14-9-8-11-17-51-37(55)15-16-38(51)56/h15-16,19-20,25,40,60H,6-14,17-18,21-24H2,1-5H3,(H,47,57)(H,48,54)(H,50,53)/t40-,45-/m0/s1. The van der Waals surface area contributed by atoms with Crippen molar-refractivity contribution in [2.75, 3.05) is 26.4 Å². The lowest BCUT2D eigenvalue weighted by molar-refractivity contribution is -0.172. The second-order valence-electron chi connectivity index (χ2n) is 16.3. The van der Waals surface area contributed by atoms with Gasteiger partial charge in [0.1, 0.15) is 25.2 Å². The lowest BCUT2D eigenvalue weighted by Gasteiger charge is -2.31. The summed E-state index contributed by atoms with van der Waals surface area (Å²) < 4.78 is 27.9. The topological polar surface area (TPSA) is 215 Å². The molecule has 0 bridgehead atoms. The number of aliphatic hydroxyl groups is 1. The minimum absolute atomic E-state index is 0.0240. The van der Waals surface area contributed by atoms with Crippen molar-refractivity contribution in [3.8, 4) is 11.4 Å². The van der Waals surface area contributed by atoms with Crippen LogP contribution >= 0.6 is 0 Å². The molecule has 6 rings (SSSR count). The highest BCUT2D eigenvalue weighted by atomic mass is 19.1. The molecule has 0 aliphatic carbocycles. The summed E-state index contributed by atoms with van der Waals surface area (Å²) in [5.41, 5.74) is 2.69. The molecule has 62 heavy (non-hydrogen) atoms. The van der Waals surface area contributed by atoms with Crippen LogP contribution in [0.2, 0.25) is 0 Å². The molecule has 0 unspecified atom stereocenters. The van der Waals surface area contributed by atoms with Crippen molar-refractivity contribution in [1.29, 1.82) is 0 Å². The predicted molar refractivity (Wildman–Crippen MR) is 225 cm³/mol. The van der Waals surface area contributed by atoms with E-state index >= 15 is 4.39 Å². The van der Waals surface area contributed by atoms with E-state index in [-0.39, 0.29) is 86.1 Å². The van der Waals surface area contributed by atoms with Crippen molar-refractivity contribution in [1.82, 2.24) is 30.4 Å². The molecule has 3 aliphatic heterocycles. The van der Waals surface area contributed by atoms with Crippen LogP contribution in [0.25, 0.3) is 22.3 Å². The highest BCUT2D eigenvalue weighted by Gasteiger charge is 2.45. The van der Waals surface area contributed by atoms with Gasteiger partial charge in [-0.25, -0.2) is 14.2 Å². The summed E-state index contributed by atoms with van der Waals surface area (Å²) in [6.45, 7) is 9.15. The SMILES string of the molecule is CCc1c2c(nc3cc(F)c(C)c(CCCCOCNC(=O)CNC(=O)[C@@H](NC(=O)CCCCCN4C(=O)C=CC4=O)C(C)C)c13)-c1cc3c(c(=O)n1C2)COC(=O)[C@]3(O)CC. The van der Waals surface area contributed by atoms with E-state index in [1.54, 1.807) is 38.3 Å². The first-order valence-corrected chi connectivity index (χ1v) is 21.4. The Morgan fingerprint density at radius 3 is 2.40 bits per heavy atom. The molecule has 1 aromatic carbocycles. The molecule has 17 heteroatoms. The number of amides is 5. The van der Waals surface area contributed by atoms with Crippen molar-refractivity contribution in [3.05, 3.63) is 73.8 Å². The number of fused-ring (bicyclic) bond motifs is 5. The average molecular weight is 859 g/mol. The van der Waals surface area contributed by atoms with E-state index < -0.39 is 35.2 Å². The number of halogens is 1. The average Bonchev–Trinajstić information content (AvgIpc) is 3.78. The van der Waals surface area contributed by atoms with E-state index in [2.05, 4.69) is 16.0 Å². The number of unbranched alkanes of at least 4 members (excludes halogenated alkanes) is 3. The molecule has 0 fully saturated rings. The summed E-state index contributed by atoms with van der Waals surface area (Å²) in [7, 11) is 0. The maximum absolute atomic E-state index is 15.5. The Balaban J connectivity index is 0.970. The molecule has 0 saturated carbocycles. The number of aryl methyl sites for hydroxylation is 2. The summed E-state index contributed by atoms with van der Waals surface area (Å²) in [5.74, 6) is -3.41. The summed E-state index contributed by atoms with van der Waals surface area (Å²) in [5, 5.41) is 20.0. The number of hydrogen-bond donors (Lipinski definition) is 4. The van der Waals surface area contributed by atoms with Crippen molar-refractivity contribution in [2.24, 2.45) is 5.92 Å². The van der Waals surface area contributed by atoms with Gasteiger partial charge in [0.25, 0.3) is 17.4 Å². The van der Waals surface area contributed by atoms with Crippen molar-refractivity contribution in [2.45, 2.75) is 117 Å². The Hall–Kier alpha value is -5.81. The number of carbonyl (C=O) groups is 6. The monoisotopic (exact) mass is 858 g/mol. The second-order valence-corrected chi connectivity index (χ2v) is 16.3. The Labute approximate surface area is 358 Å². The van der Waals surface area contributed by atoms with Gasteiger partial charge in [0, 0.05) is 54.3 Å². The van der Waals surface area contributed by atoms with Crippen LogP contribution in [0, 0.1) is 18.7 Å². The predicted octanol–water partition coefficient (Wildman–Crippen LogP) is 3.24. The molecule has 0 spiro atoms. The number of esters is 1. The second kappa shape index (κ2) is 19.5. The summed E-state index contributed by atoms with van der Waals surface area (Å²) in [4.78, 5) is 93.7. The minimum atomic E-state index is -1.95. The third kappa shape index (κ3) is 9.33. The van der Waals surface area contributed by atoms with Crippen LogP contribution in [0.4, 0.5) is 4.39 Å². The number of cyclic esters (lactones) is 1. The van der Waals surface area contributed by atoms with Gasteiger partial charge in [0.2, 0.25) is 17.7 Å². The quantitative estimate of drug-likeness (QED) is 0.0438. The molecule has 2 atom stereocenters. The van der Waals surface area contributed by atoms with E-state index in [1.807, 2.05) is 6.92 Å². The van der Waals surface area contributed by atoms with E-state index in [0.29, 0.717) is 74.0 Å². The Bertz CT molecular complexity index is 2370. The maximum Gasteiger partial charge on any atom is 0.343 e. The first-order valence-electron chi connectivity index (χ1n) is 21.4. The number of pyridine rings is 2. The third-order valence-corrected chi connectivity index (χ3v) is 12.0. The molecule has 5 heterocycles. The summed E-state index contributed by atoms with van der Waals surface area (Å²) >= 11 is 0. The van der Waals surface area contributed by atoms with Crippen molar-refractivity contribution >= 4 is 46.4 Å². The number of carbonyl (C=O) groups excluding carboxylic acids is 6. The van der Waals surface area contributed by atoms with E-state index in [4.69, 9.17) is 14.5 Å². The van der Waals surface area contributed by atoms with Crippen LogP contribution in [0.15, 0.2) is 29.1 Å². The summed E-state index contributed by atoms with van der Waals surface area (Å²) in [6.07, 6.45) is 6.70. The number of nitrogens with zero attached hydrogens (tertiary/aromatic N) is 3. The van der Waals surface area contributed by atoms with Gasteiger partial charge < -0.3 is 35.1 Å². The number of ether oxygens (including phenoxy) is 2. The van der Waals surface area contributed by atoms with Crippen molar-refractivity contribution in [3.63, 3.8) is 0 Å². The zero-order valence-corrected chi connectivity index (χ0v) is 35.9. The molecule has 4 N–H and O–H groups in total. The van der Waals surface area contributed by atoms with Crippen LogP contribution in [0.3, 0.4) is 0 Å². The highest BCUT2D eigenvalue weighted by Crippen LogP contribution is 2.41. The van der Waals surface area contributed by atoms with Crippen molar-refractivity contribution < 1.29 is 47.7 Å². The summed E-state index contributed by atoms with van der Waals surface area (Å²) in [6, 6.07) is 2.22. The fourth-order valence-corrected chi connectivity index (χ4v) is 8.40. The molecule has 5 amide bonds. The van der Waals surface area contributed by atoms with E-state index in [9.17, 15) is 38.7 Å². The fourth-order valence-electron chi connectivity index (χ4n) is 8.40. The molecule has 332 valence electrons. The van der Waals surface area contributed by atoms with Gasteiger partial charge in [0.15, 0.2) is 5.60 Å². The number of benzene rings is 1. The third-order valence-electron chi connectivity index (χ3n) is 12.0. The lowest BCUT2D eigenvalue weighted by atomic mass is 9.86. The Morgan fingerprint density at radius 1 is 0.968 bits per heavy atom. The molecule has 2 aromatic heterocycles. The van der Waals surface area contributed by atoms with Gasteiger partial charge >= 0.3 is 5.97 Å². The highest BCUT2D eigenvalue weighted by molar-refractivity contribution is 6.12. The van der Waals surface area contributed by atoms with Crippen LogP contribution in [0.1, 0.15) is 106 Å². The molecule has 3 aliphatic rings. The van der Waals surface area contributed by atoms with Gasteiger partial charge in [-0.1, -0.05) is 34.1 Å². The zero-order valence-electron chi connectivity index (χ0n) is 35.9. The van der Waals surface area contributed by atoms with Crippen LogP contribution in [0.5, 0.6) is 0 Å². The van der Waals surface area contributed by atoms with Gasteiger partial charge in [-0.15, -0.1) is 0 Å². The van der Waals surface area contributed by atoms with E-state index in [0.717, 1.165) is 27.0 Å². The smallest absolute Gasteiger partial charge is 0.343 e. The first kappa shape index (κ1) is 45.7. The molecule has 3 aromatic rings. The number of rotatable bonds is 20. The maximum atomic E-state index is 15.5. The molecular weight excluding hydrogens is 804 g/mol. The van der Waals surface area contributed by atoms with Crippen LogP contribution in [-0.4, -0.2) is 87.5 Å². The molecular formula is C45H55FN6O10. The molecule has 0 radical (unpaired) electrons. The Morgan fingerprint density at radius 2 is 1.71 bits per heavy atom. The van der Waals surface area contributed by atoms with E-state index in [1.165, 1.54) is 18.2 Å². The normalized spacial score (nSPS) is 17.0. The number of nitrogens with one attached hydrogen (secondary N) is 3. The number of hydrogen-bond acceptors (Lipinski definition) is 11. The van der Waals surface area contributed by atoms with Gasteiger partial charge in [-0.3, -0.25) is 33.7 Å². The zero-order chi connectivity index (χ0) is 44.9. The van der Waals surface area contributed by atoms with Crippen LogP contribution in [-0.2, 0) is 69.8 Å². The molecule has 16 nitrogen and oxygen atoms in total. The number of imide groups is 1. The lowest BCUT2D eigenvalue weighted by Crippen LogP contribution is -2.51. The van der Waals surface area contributed by atoms with Gasteiger partial charge in [0.05, 0.1) is 35.6 Å². The molecule has 0 saturated heterocycles. The minimum Gasteiger partial charge on any atom is -0.458 e. The van der Waals surface area contributed by atoms with Crippen LogP contribution < -0.4 is 21.5 Å².